The topological polar surface area (TPSA) is 66.5 Å². The standard InChI is InChI=1S/C17H32N2O3S/c1-4-11-23(21,22)19-10-6-8-15(12-19)17(20)18-16-9-5-7-13(2)14(16)3/h13-16H,4-12H2,1-3H3,(H,18,20)/t13-,14+,15+,16-/m1/s1. The first kappa shape index (κ1) is 18.7. The van der Waals surface area contributed by atoms with Crippen molar-refractivity contribution in [2.45, 2.75) is 65.3 Å². The van der Waals surface area contributed by atoms with Crippen molar-refractivity contribution in [2.75, 3.05) is 18.8 Å². The van der Waals surface area contributed by atoms with E-state index >= 15 is 0 Å². The first-order valence-corrected chi connectivity index (χ1v) is 10.7. The maximum atomic E-state index is 12.6. The number of carbonyl (C=O) groups is 1. The predicted molar refractivity (Wildman–Crippen MR) is 92.5 cm³/mol. The summed E-state index contributed by atoms with van der Waals surface area (Å²) in [6, 6.07) is 0.244. The molecule has 1 aliphatic heterocycles. The van der Waals surface area contributed by atoms with Crippen molar-refractivity contribution < 1.29 is 13.2 Å². The highest BCUT2D eigenvalue weighted by molar-refractivity contribution is 7.89. The molecule has 4 atom stereocenters. The molecule has 0 aromatic rings. The Hall–Kier alpha value is -0.620. The third-order valence-corrected chi connectivity index (χ3v) is 7.69. The minimum atomic E-state index is -3.20. The quantitative estimate of drug-likeness (QED) is 0.833. The van der Waals surface area contributed by atoms with Gasteiger partial charge in [0.2, 0.25) is 15.9 Å². The number of amides is 1. The number of carbonyl (C=O) groups excluding carboxylic acids is 1. The average Bonchev–Trinajstić information content (AvgIpc) is 2.52. The second-order valence-electron chi connectivity index (χ2n) is 7.40. The number of hydrogen-bond donors (Lipinski definition) is 1. The molecule has 0 aromatic heterocycles. The fraction of sp³-hybridized carbons (Fsp3) is 0.941. The third kappa shape index (κ3) is 4.69. The molecule has 1 aliphatic carbocycles. The van der Waals surface area contributed by atoms with Gasteiger partial charge in [0.1, 0.15) is 0 Å². The van der Waals surface area contributed by atoms with Gasteiger partial charge < -0.3 is 5.32 Å². The van der Waals surface area contributed by atoms with Crippen molar-refractivity contribution in [1.82, 2.24) is 9.62 Å². The number of hydrogen-bond acceptors (Lipinski definition) is 3. The number of rotatable bonds is 5. The highest BCUT2D eigenvalue weighted by Crippen LogP contribution is 2.30. The monoisotopic (exact) mass is 344 g/mol. The first-order chi connectivity index (χ1) is 10.8. The van der Waals surface area contributed by atoms with Gasteiger partial charge in [-0.1, -0.05) is 33.6 Å². The molecule has 1 amide bonds. The third-order valence-electron chi connectivity index (χ3n) is 5.64. The zero-order valence-electron chi connectivity index (χ0n) is 14.8. The summed E-state index contributed by atoms with van der Waals surface area (Å²) in [5.74, 6) is 1.17. The molecule has 2 aliphatic rings. The molecule has 2 fully saturated rings. The molecule has 5 nitrogen and oxygen atoms in total. The Morgan fingerprint density at radius 2 is 1.91 bits per heavy atom. The normalized spacial score (nSPS) is 33.3. The number of piperidine rings is 1. The zero-order valence-corrected chi connectivity index (χ0v) is 15.6. The van der Waals surface area contributed by atoms with Gasteiger partial charge >= 0.3 is 0 Å². The van der Waals surface area contributed by atoms with Crippen molar-refractivity contribution in [1.29, 1.82) is 0 Å². The lowest BCUT2D eigenvalue weighted by Gasteiger charge is -2.37. The van der Waals surface area contributed by atoms with Crippen LogP contribution in [-0.2, 0) is 14.8 Å². The summed E-state index contributed by atoms with van der Waals surface area (Å²) in [5, 5.41) is 3.21. The molecule has 1 heterocycles. The molecule has 0 bridgehead atoms. The summed E-state index contributed by atoms with van der Waals surface area (Å²) in [6.07, 6.45) is 5.63. The Morgan fingerprint density at radius 3 is 2.61 bits per heavy atom. The Kier molecular flexibility index (Phi) is 6.48. The van der Waals surface area contributed by atoms with Gasteiger partial charge in [-0.2, -0.15) is 0 Å². The van der Waals surface area contributed by atoms with Crippen molar-refractivity contribution >= 4 is 15.9 Å². The van der Waals surface area contributed by atoms with Gasteiger partial charge in [0.15, 0.2) is 0 Å². The lowest BCUT2D eigenvalue weighted by atomic mass is 9.78. The van der Waals surface area contributed by atoms with Crippen LogP contribution in [0.1, 0.15) is 59.3 Å². The second kappa shape index (κ2) is 7.97. The first-order valence-electron chi connectivity index (χ1n) is 9.13. The molecular weight excluding hydrogens is 312 g/mol. The zero-order chi connectivity index (χ0) is 17.0. The van der Waals surface area contributed by atoms with Crippen molar-refractivity contribution in [3.05, 3.63) is 0 Å². The van der Waals surface area contributed by atoms with Crippen LogP contribution >= 0.6 is 0 Å². The van der Waals surface area contributed by atoms with Crippen LogP contribution in [0.25, 0.3) is 0 Å². The minimum Gasteiger partial charge on any atom is -0.353 e. The van der Waals surface area contributed by atoms with E-state index in [2.05, 4.69) is 19.2 Å². The summed E-state index contributed by atoms with van der Waals surface area (Å²) in [7, 11) is -3.20. The molecule has 0 unspecified atom stereocenters. The minimum absolute atomic E-state index is 0.0485. The van der Waals surface area contributed by atoms with Gasteiger partial charge in [-0.15, -0.1) is 0 Å². The second-order valence-corrected chi connectivity index (χ2v) is 9.48. The summed E-state index contributed by atoms with van der Waals surface area (Å²) >= 11 is 0. The van der Waals surface area contributed by atoms with Gasteiger partial charge in [-0.05, 0) is 37.5 Å². The molecule has 2 rings (SSSR count). The number of nitrogens with one attached hydrogen (secondary N) is 1. The van der Waals surface area contributed by atoms with Crippen LogP contribution in [0, 0.1) is 17.8 Å². The summed E-state index contributed by atoms with van der Waals surface area (Å²) in [6.45, 7) is 7.25. The van der Waals surface area contributed by atoms with E-state index in [4.69, 9.17) is 0 Å². The molecule has 1 saturated heterocycles. The highest BCUT2D eigenvalue weighted by Gasteiger charge is 2.34. The largest absolute Gasteiger partial charge is 0.353 e. The van der Waals surface area contributed by atoms with Crippen molar-refractivity contribution in [2.24, 2.45) is 17.8 Å². The van der Waals surface area contributed by atoms with Crippen LogP contribution < -0.4 is 5.32 Å². The van der Waals surface area contributed by atoms with Gasteiger partial charge in [-0.25, -0.2) is 12.7 Å². The Labute approximate surface area is 141 Å². The van der Waals surface area contributed by atoms with Gasteiger partial charge in [-0.3, -0.25) is 4.79 Å². The smallest absolute Gasteiger partial charge is 0.224 e. The van der Waals surface area contributed by atoms with E-state index in [9.17, 15) is 13.2 Å². The van der Waals surface area contributed by atoms with E-state index in [1.807, 2.05) is 6.92 Å². The van der Waals surface area contributed by atoms with Crippen molar-refractivity contribution in [3.8, 4) is 0 Å². The molecule has 23 heavy (non-hydrogen) atoms. The molecule has 0 radical (unpaired) electrons. The lowest BCUT2D eigenvalue weighted by Crippen LogP contribution is -2.50. The molecule has 134 valence electrons. The Balaban J connectivity index is 1.94. The van der Waals surface area contributed by atoms with Crippen molar-refractivity contribution in [3.63, 3.8) is 0 Å². The SMILES string of the molecule is CCCS(=O)(=O)N1CCC[C@H](C(=O)N[C@@H]2CCC[C@@H](C)[C@@H]2C)C1. The molecule has 6 heteroatoms. The Morgan fingerprint density at radius 1 is 1.17 bits per heavy atom. The fourth-order valence-electron chi connectivity index (χ4n) is 3.88. The summed E-state index contributed by atoms with van der Waals surface area (Å²) in [5.41, 5.74) is 0. The lowest BCUT2D eigenvalue weighted by molar-refractivity contribution is -0.127. The molecular formula is C17H32N2O3S. The molecule has 0 spiro atoms. The van der Waals surface area contributed by atoms with Gasteiger partial charge in [0.25, 0.3) is 0 Å². The summed E-state index contributed by atoms with van der Waals surface area (Å²) in [4.78, 5) is 12.6. The maximum Gasteiger partial charge on any atom is 0.224 e. The van der Waals surface area contributed by atoms with Crippen LogP contribution in [0.2, 0.25) is 0 Å². The molecule has 0 aromatic carbocycles. The fourth-order valence-corrected chi connectivity index (χ4v) is 5.47. The van der Waals surface area contributed by atoms with E-state index < -0.39 is 10.0 Å². The maximum absolute atomic E-state index is 12.6. The average molecular weight is 345 g/mol. The van der Waals surface area contributed by atoms with Crippen LogP contribution in [0.15, 0.2) is 0 Å². The van der Waals surface area contributed by atoms with Crippen LogP contribution in [0.5, 0.6) is 0 Å². The van der Waals surface area contributed by atoms with E-state index in [-0.39, 0.29) is 23.6 Å². The predicted octanol–water partition coefficient (Wildman–Crippen LogP) is 2.38. The summed E-state index contributed by atoms with van der Waals surface area (Å²) < 4.78 is 26.0. The van der Waals surface area contributed by atoms with Crippen LogP contribution in [-0.4, -0.2) is 43.5 Å². The molecule has 1 N–H and O–H groups in total. The van der Waals surface area contributed by atoms with Gasteiger partial charge in [0, 0.05) is 19.1 Å². The van der Waals surface area contributed by atoms with E-state index in [0.717, 1.165) is 25.7 Å². The van der Waals surface area contributed by atoms with E-state index in [1.54, 1.807) is 0 Å². The van der Waals surface area contributed by atoms with E-state index in [1.165, 1.54) is 10.7 Å². The highest BCUT2D eigenvalue weighted by atomic mass is 32.2. The van der Waals surface area contributed by atoms with Gasteiger partial charge in [0.05, 0.1) is 11.7 Å². The van der Waals surface area contributed by atoms with Crippen LogP contribution in [0.3, 0.4) is 0 Å². The number of nitrogens with zero attached hydrogens (tertiary/aromatic N) is 1. The van der Waals surface area contributed by atoms with Crippen LogP contribution in [0.4, 0.5) is 0 Å². The van der Waals surface area contributed by atoms with E-state index in [0.29, 0.717) is 31.3 Å². The molecule has 1 saturated carbocycles. The Bertz CT molecular complexity index is 506. The number of sulfonamides is 1.